The molecule has 0 aliphatic rings. The van der Waals surface area contributed by atoms with Crippen molar-refractivity contribution in [1.29, 1.82) is 0 Å². The molecular formula is C11H20N6O. The van der Waals surface area contributed by atoms with Crippen LogP contribution in [0, 0.1) is 5.92 Å². The van der Waals surface area contributed by atoms with Crippen molar-refractivity contribution >= 4 is 17.7 Å². The van der Waals surface area contributed by atoms with Crippen LogP contribution in [0.15, 0.2) is 12.3 Å². The average Bonchev–Trinajstić information content (AvgIpc) is 2.36. The summed E-state index contributed by atoms with van der Waals surface area (Å²) < 4.78 is 0. The minimum atomic E-state index is -0.371. The van der Waals surface area contributed by atoms with E-state index in [-0.39, 0.29) is 11.9 Å². The third-order valence-electron chi connectivity index (χ3n) is 2.23. The number of aromatic nitrogens is 2. The van der Waals surface area contributed by atoms with Crippen LogP contribution in [0.5, 0.6) is 0 Å². The molecule has 0 spiro atoms. The van der Waals surface area contributed by atoms with Gasteiger partial charge in [0, 0.05) is 12.7 Å². The molecule has 1 amide bonds. The van der Waals surface area contributed by atoms with Gasteiger partial charge in [-0.1, -0.05) is 13.8 Å². The maximum Gasteiger partial charge on any atom is 0.242 e. The standard InChI is InChI=1S/C11H20N6O/c1-7(2)6-14-10(18)8(3)15-9-4-5-13-11(16-9)17-12/h4-5,7-8H,6,12H2,1-3H3,(H,14,18)(H2,13,15,16,17). The third kappa shape index (κ3) is 4.54. The van der Waals surface area contributed by atoms with Gasteiger partial charge in [0.1, 0.15) is 11.9 Å². The summed E-state index contributed by atoms with van der Waals surface area (Å²) in [6.07, 6.45) is 1.56. The molecule has 0 aliphatic carbocycles. The van der Waals surface area contributed by atoms with Gasteiger partial charge in [0.25, 0.3) is 0 Å². The Bertz CT molecular complexity index is 395. The second kappa shape index (κ2) is 6.75. The van der Waals surface area contributed by atoms with Crippen molar-refractivity contribution in [3.63, 3.8) is 0 Å². The predicted octanol–water partition coefficient (Wildman–Crippen LogP) is 0.335. The minimum absolute atomic E-state index is 0.0652. The van der Waals surface area contributed by atoms with E-state index in [1.807, 2.05) is 13.8 Å². The smallest absolute Gasteiger partial charge is 0.242 e. The fourth-order valence-electron chi connectivity index (χ4n) is 1.25. The van der Waals surface area contributed by atoms with E-state index >= 15 is 0 Å². The molecule has 1 unspecified atom stereocenters. The van der Waals surface area contributed by atoms with Crippen molar-refractivity contribution in [1.82, 2.24) is 15.3 Å². The Morgan fingerprint density at radius 2 is 2.17 bits per heavy atom. The largest absolute Gasteiger partial charge is 0.358 e. The average molecular weight is 252 g/mol. The summed E-state index contributed by atoms with van der Waals surface area (Å²) >= 11 is 0. The number of nitrogen functional groups attached to an aromatic ring is 1. The lowest BCUT2D eigenvalue weighted by Crippen LogP contribution is -2.39. The molecule has 7 nitrogen and oxygen atoms in total. The van der Waals surface area contributed by atoms with Crippen LogP contribution in [0.4, 0.5) is 11.8 Å². The topological polar surface area (TPSA) is 105 Å². The van der Waals surface area contributed by atoms with E-state index in [1.165, 1.54) is 0 Å². The summed E-state index contributed by atoms with van der Waals surface area (Å²) in [5, 5.41) is 5.83. The Balaban J connectivity index is 2.52. The number of hydrazine groups is 1. The Morgan fingerprint density at radius 1 is 1.44 bits per heavy atom. The summed E-state index contributed by atoms with van der Waals surface area (Å²) in [5.74, 6) is 6.41. The first kappa shape index (κ1) is 14.2. The van der Waals surface area contributed by atoms with Gasteiger partial charge in [-0.3, -0.25) is 10.2 Å². The van der Waals surface area contributed by atoms with Crippen LogP contribution < -0.4 is 21.9 Å². The molecule has 100 valence electrons. The fraction of sp³-hybridized carbons (Fsp3) is 0.545. The normalized spacial score (nSPS) is 12.1. The number of rotatable bonds is 6. The quantitative estimate of drug-likeness (QED) is 0.430. The zero-order chi connectivity index (χ0) is 13.5. The van der Waals surface area contributed by atoms with Crippen molar-refractivity contribution in [3.8, 4) is 0 Å². The zero-order valence-electron chi connectivity index (χ0n) is 10.9. The number of hydrogen-bond acceptors (Lipinski definition) is 6. The number of amides is 1. The molecule has 0 aromatic carbocycles. The predicted molar refractivity (Wildman–Crippen MR) is 70.8 cm³/mol. The summed E-state index contributed by atoms with van der Waals surface area (Å²) in [6, 6.07) is 1.30. The number of carbonyl (C=O) groups excluding carboxylic acids is 1. The number of nitrogens with two attached hydrogens (primary N) is 1. The first-order valence-corrected chi connectivity index (χ1v) is 5.87. The van der Waals surface area contributed by atoms with E-state index in [1.54, 1.807) is 19.2 Å². The summed E-state index contributed by atoms with van der Waals surface area (Å²) in [6.45, 7) is 6.52. The van der Waals surface area contributed by atoms with Gasteiger partial charge in [0.05, 0.1) is 0 Å². The van der Waals surface area contributed by atoms with Gasteiger partial charge >= 0.3 is 0 Å². The molecule has 0 aliphatic heterocycles. The van der Waals surface area contributed by atoms with Crippen molar-refractivity contribution in [2.24, 2.45) is 11.8 Å². The van der Waals surface area contributed by atoms with Crippen LogP contribution in [-0.2, 0) is 4.79 Å². The highest BCUT2D eigenvalue weighted by Gasteiger charge is 2.13. The molecule has 5 N–H and O–H groups in total. The van der Waals surface area contributed by atoms with E-state index in [0.29, 0.717) is 24.2 Å². The van der Waals surface area contributed by atoms with Crippen LogP contribution in [0.2, 0.25) is 0 Å². The zero-order valence-corrected chi connectivity index (χ0v) is 10.9. The number of nitrogens with one attached hydrogen (secondary N) is 3. The summed E-state index contributed by atoms with van der Waals surface area (Å²) in [7, 11) is 0. The summed E-state index contributed by atoms with van der Waals surface area (Å²) in [5.41, 5.74) is 2.35. The third-order valence-corrected chi connectivity index (χ3v) is 2.23. The van der Waals surface area contributed by atoms with Crippen molar-refractivity contribution < 1.29 is 4.79 Å². The van der Waals surface area contributed by atoms with E-state index in [0.717, 1.165) is 0 Å². The van der Waals surface area contributed by atoms with Crippen LogP contribution in [0.1, 0.15) is 20.8 Å². The number of anilines is 2. The molecule has 0 bridgehead atoms. The SMILES string of the molecule is CC(C)CNC(=O)C(C)Nc1ccnc(NN)n1. The fourth-order valence-corrected chi connectivity index (χ4v) is 1.25. The van der Waals surface area contributed by atoms with E-state index in [2.05, 4.69) is 26.0 Å². The molecular weight excluding hydrogens is 232 g/mol. The molecule has 0 saturated carbocycles. The Labute approximate surface area is 107 Å². The van der Waals surface area contributed by atoms with Crippen molar-refractivity contribution in [2.45, 2.75) is 26.8 Å². The van der Waals surface area contributed by atoms with Crippen LogP contribution in [-0.4, -0.2) is 28.5 Å². The molecule has 1 atom stereocenters. The number of hydrogen-bond donors (Lipinski definition) is 4. The van der Waals surface area contributed by atoms with Gasteiger partial charge in [0.15, 0.2) is 0 Å². The minimum Gasteiger partial charge on any atom is -0.358 e. The first-order chi connectivity index (χ1) is 8.52. The van der Waals surface area contributed by atoms with E-state index < -0.39 is 0 Å². The second-order valence-corrected chi connectivity index (χ2v) is 4.41. The van der Waals surface area contributed by atoms with Crippen LogP contribution in [0.25, 0.3) is 0 Å². The van der Waals surface area contributed by atoms with Crippen LogP contribution in [0.3, 0.4) is 0 Å². The van der Waals surface area contributed by atoms with Crippen molar-refractivity contribution in [3.05, 3.63) is 12.3 Å². The maximum atomic E-state index is 11.7. The number of nitrogens with zero attached hydrogens (tertiary/aromatic N) is 2. The Kier molecular flexibility index (Phi) is 5.31. The van der Waals surface area contributed by atoms with E-state index in [9.17, 15) is 4.79 Å². The molecule has 0 fully saturated rings. The molecule has 1 aromatic rings. The molecule has 18 heavy (non-hydrogen) atoms. The first-order valence-electron chi connectivity index (χ1n) is 5.87. The second-order valence-electron chi connectivity index (χ2n) is 4.41. The van der Waals surface area contributed by atoms with E-state index in [4.69, 9.17) is 5.84 Å². The monoisotopic (exact) mass is 252 g/mol. The van der Waals surface area contributed by atoms with Crippen LogP contribution >= 0.6 is 0 Å². The van der Waals surface area contributed by atoms with Gasteiger partial charge in [-0.05, 0) is 18.9 Å². The summed E-state index contributed by atoms with van der Waals surface area (Å²) in [4.78, 5) is 19.7. The van der Waals surface area contributed by atoms with Gasteiger partial charge in [-0.15, -0.1) is 0 Å². The van der Waals surface area contributed by atoms with Crippen molar-refractivity contribution in [2.75, 3.05) is 17.3 Å². The van der Waals surface area contributed by atoms with Gasteiger partial charge in [-0.25, -0.2) is 10.8 Å². The van der Waals surface area contributed by atoms with Gasteiger partial charge in [0.2, 0.25) is 11.9 Å². The Hall–Kier alpha value is -1.89. The van der Waals surface area contributed by atoms with Gasteiger partial charge < -0.3 is 10.6 Å². The molecule has 1 heterocycles. The highest BCUT2D eigenvalue weighted by Crippen LogP contribution is 2.06. The highest BCUT2D eigenvalue weighted by molar-refractivity contribution is 5.83. The lowest BCUT2D eigenvalue weighted by atomic mass is 10.2. The lowest BCUT2D eigenvalue weighted by Gasteiger charge is -2.15. The molecule has 0 saturated heterocycles. The van der Waals surface area contributed by atoms with Gasteiger partial charge in [-0.2, -0.15) is 4.98 Å². The highest BCUT2D eigenvalue weighted by atomic mass is 16.2. The molecule has 1 rings (SSSR count). The Morgan fingerprint density at radius 3 is 2.78 bits per heavy atom. The molecule has 1 aromatic heterocycles. The maximum absolute atomic E-state index is 11.7. The molecule has 7 heteroatoms. The lowest BCUT2D eigenvalue weighted by molar-refractivity contribution is -0.121. The molecule has 0 radical (unpaired) electrons. The number of carbonyl (C=O) groups is 1.